The second-order valence-corrected chi connectivity index (χ2v) is 7.71. The maximum absolute atomic E-state index is 12.8. The summed E-state index contributed by atoms with van der Waals surface area (Å²) < 4.78 is 11.1. The summed E-state index contributed by atoms with van der Waals surface area (Å²) in [5.41, 5.74) is 3.55. The lowest BCUT2D eigenvalue weighted by atomic mass is 9.96. The number of rotatable bonds is 7. The molecule has 0 fully saturated rings. The van der Waals surface area contributed by atoms with E-state index in [-0.39, 0.29) is 6.61 Å². The van der Waals surface area contributed by atoms with Crippen LogP contribution in [-0.2, 0) is 15.3 Å². The Balaban J connectivity index is 1.96. The lowest BCUT2D eigenvalue weighted by molar-refractivity contribution is -0.138. The molecule has 0 aromatic heterocycles. The number of carbonyl (C=O) groups is 1. The van der Waals surface area contributed by atoms with Gasteiger partial charge in [0.05, 0.1) is 30.4 Å². The minimum atomic E-state index is -0.545. The van der Waals surface area contributed by atoms with E-state index in [9.17, 15) is 10.1 Å². The van der Waals surface area contributed by atoms with Crippen molar-refractivity contribution < 1.29 is 14.3 Å². The largest absolute Gasteiger partial charge is 0.494 e. The number of nitrogens with zero attached hydrogens (tertiary/aromatic N) is 2. The Morgan fingerprint density at radius 2 is 1.90 bits per heavy atom. The lowest BCUT2D eigenvalue weighted by Gasteiger charge is -2.27. The summed E-state index contributed by atoms with van der Waals surface area (Å²) >= 11 is 1.49. The van der Waals surface area contributed by atoms with Crippen LogP contribution in [0.3, 0.4) is 0 Å². The second kappa shape index (κ2) is 10.7. The van der Waals surface area contributed by atoms with Crippen LogP contribution in [0.1, 0.15) is 43.5 Å². The van der Waals surface area contributed by atoms with Crippen LogP contribution in [0.25, 0.3) is 0 Å². The van der Waals surface area contributed by atoms with Crippen molar-refractivity contribution in [1.29, 1.82) is 5.26 Å². The molecule has 0 saturated carbocycles. The molecule has 0 spiro atoms. The number of aliphatic imine (C=N–C) groups is 1. The first-order chi connectivity index (χ1) is 15.1. The third kappa shape index (κ3) is 5.28. The molecule has 7 heteroatoms. The molecule has 1 heterocycles. The van der Waals surface area contributed by atoms with Crippen LogP contribution in [0.4, 0.5) is 0 Å². The van der Waals surface area contributed by atoms with E-state index >= 15 is 0 Å². The van der Waals surface area contributed by atoms with Crippen LogP contribution < -0.4 is 10.1 Å². The molecule has 0 bridgehead atoms. The molecule has 1 aliphatic rings. The van der Waals surface area contributed by atoms with E-state index in [0.29, 0.717) is 40.1 Å². The number of amidine groups is 1. The van der Waals surface area contributed by atoms with Gasteiger partial charge >= 0.3 is 5.97 Å². The van der Waals surface area contributed by atoms with Gasteiger partial charge in [-0.15, -0.1) is 0 Å². The van der Waals surface area contributed by atoms with Crippen molar-refractivity contribution in [2.24, 2.45) is 4.99 Å². The number of para-hydroxylation sites is 1. The molecule has 2 aromatic rings. The predicted molar refractivity (Wildman–Crippen MR) is 123 cm³/mol. The van der Waals surface area contributed by atoms with E-state index in [0.717, 1.165) is 11.1 Å². The molecule has 1 N–H and O–H groups in total. The highest BCUT2D eigenvalue weighted by molar-refractivity contribution is 8.13. The topological polar surface area (TPSA) is 83.7 Å². The van der Waals surface area contributed by atoms with Crippen LogP contribution in [0.15, 0.2) is 64.8 Å². The molecule has 0 aliphatic carbocycles. The van der Waals surface area contributed by atoms with E-state index in [1.165, 1.54) is 11.8 Å². The van der Waals surface area contributed by atoms with E-state index in [1.54, 1.807) is 13.0 Å². The molecule has 0 saturated heterocycles. The second-order valence-electron chi connectivity index (χ2n) is 6.75. The molecule has 0 radical (unpaired) electrons. The normalized spacial score (nSPS) is 15.5. The molecule has 31 heavy (non-hydrogen) atoms. The Labute approximate surface area is 187 Å². The third-order valence-electron chi connectivity index (χ3n) is 4.73. The van der Waals surface area contributed by atoms with Gasteiger partial charge in [0.1, 0.15) is 11.8 Å². The fraction of sp³-hybridized carbons (Fsp3) is 0.292. The first-order valence-corrected chi connectivity index (χ1v) is 11.1. The number of ether oxygens (including phenoxy) is 2. The summed E-state index contributed by atoms with van der Waals surface area (Å²) in [4.78, 5) is 17.6. The summed E-state index contributed by atoms with van der Waals surface area (Å²) in [6.45, 7) is 6.34. The SMILES string of the molecule is CCOC(=O)C1=C(C)NC(SCc2ccccc2C#N)=N[C@@H]1c1ccccc1OCC. The zero-order valence-corrected chi connectivity index (χ0v) is 18.7. The lowest BCUT2D eigenvalue weighted by Crippen LogP contribution is -2.30. The molecular formula is C24H25N3O3S. The number of nitriles is 1. The number of nitrogens with one attached hydrogen (secondary N) is 1. The summed E-state index contributed by atoms with van der Waals surface area (Å²) in [7, 11) is 0. The van der Waals surface area contributed by atoms with Gasteiger partial charge in [-0.05, 0) is 38.5 Å². The number of carbonyl (C=O) groups excluding carboxylic acids is 1. The first-order valence-electron chi connectivity index (χ1n) is 10.1. The van der Waals surface area contributed by atoms with E-state index in [2.05, 4.69) is 11.4 Å². The summed E-state index contributed by atoms with van der Waals surface area (Å²) in [5, 5.41) is 13.2. The molecule has 6 nitrogen and oxygen atoms in total. The number of benzene rings is 2. The molecule has 1 atom stereocenters. The van der Waals surface area contributed by atoms with Gasteiger partial charge in [-0.25, -0.2) is 9.79 Å². The van der Waals surface area contributed by atoms with Gasteiger partial charge < -0.3 is 14.8 Å². The van der Waals surface area contributed by atoms with Gasteiger partial charge in [-0.2, -0.15) is 5.26 Å². The van der Waals surface area contributed by atoms with Crippen LogP contribution in [-0.4, -0.2) is 24.4 Å². The zero-order valence-electron chi connectivity index (χ0n) is 17.8. The number of thioether (sulfide) groups is 1. The average molecular weight is 436 g/mol. The van der Waals surface area contributed by atoms with Gasteiger partial charge in [0, 0.05) is 17.0 Å². The highest BCUT2D eigenvalue weighted by Crippen LogP contribution is 2.38. The summed E-state index contributed by atoms with van der Waals surface area (Å²) in [6, 6.07) is 16.8. The van der Waals surface area contributed by atoms with Gasteiger partial charge in [0.2, 0.25) is 0 Å². The van der Waals surface area contributed by atoms with Crippen molar-refractivity contribution in [3.05, 3.63) is 76.5 Å². The van der Waals surface area contributed by atoms with Crippen LogP contribution in [0, 0.1) is 11.3 Å². The average Bonchev–Trinajstić information content (AvgIpc) is 2.78. The molecular weight excluding hydrogens is 410 g/mol. The maximum Gasteiger partial charge on any atom is 0.338 e. The molecule has 1 aliphatic heterocycles. The van der Waals surface area contributed by atoms with Crippen LogP contribution >= 0.6 is 11.8 Å². The van der Waals surface area contributed by atoms with Gasteiger partial charge in [0.25, 0.3) is 0 Å². The van der Waals surface area contributed by atoms with Gasteiger partial charge in [-0.1, -0.05) is 48.2 Å². The number of hydrogen-bond acceptors (Lipinski definition) is 7. The monoisotopic (exact) mass is 435 g/mol. The molecule has 3 rings (SSSR count). The quantitative estimate of drug-likeness (QED) is 0.633. The molecule has 160 valence electrons. The minimum absolute atomic E-state index is 0.283. The minimum Gasteiger partial charge on any atom is -0.494 e. The van der Waals surface area contributed by atoms with Crippen molar-refractivity contribution in [3.63, 3.8) is 0 Å². The fourth-order valence-corrected chi connectivity index (χ4v) is 4.26. The zero-order chi connectivity index (χ0) is 22.2. The molecule has 0 unspecified atom stereocenters. The smallest absolute Gasteiger partial charge is 0.338 e. The Hall–Kier alpha value is -3.24. The Morgan fingerprint density at radius 3 is 2.65 bits per heavy atom. The maximum atomic E-state index is 12.8. The molecule has 0 amide bonds. The number of allylic oxidation sites excluding steroid dienone is 1. The Morgan fingerprint density at radius 1 is 1.16 bits per heavy atom. The highest BCUT2D eigenvalue weighted by Gasteiger charge is 2.32. The number of esters is 1. The van der Waals surface area contributed by atoms with Crippen molar-refractivity contribution in [2.45, 2.75) is 32.6 Å². The molecule has 2 aromatic carbocycles. The van der Waals surface area contributed by atoms with E-state index < -0.39 is 12.0 Å². The van der Waals surface area contributed by atoms with Crippen molar-refractivity contribution in [1.82, 2.24) is 5.32 Å². The van der Waals surface area contributed by atoms with Crippen molar-refractivity contribution >= 4 is 22.9 Å². The van der Waals surface area contributed by atoms with Gasteiger partial charge in [0.15, 0.2) is 5.17 Å². The van der Waals surface area contributed by atoms with Crippen molar-refractivity contribution in [2.75, 3.05) is 13.2 Å². The van der Waals surface area contributed by atoms with E-state index in [4.69, 9.17) is 14.5 Å². The number of hydrogen-bond donors (Lipinski definition) is 1. The first kappa shape index (κ1) is 22.4. The highest BCUT2D eigenvalue weighted by atomic mass is 32.2. The Kier molecular flexibility index (Phi) is 7.74. The summed E-state index contributed by atoms with van der Waals surface area (Å²) in [5.74, 6) is 0.873. The van der Waals surface area contributed by atoms with Gasteiger partial charge in [-0.3, -0.25) is 0 Å². The van der Waals surface area contributed by atoms with Crippen LogP contribution in [0.5, 0.6) is 5.75 Å². The summed E-state index contributed by atoms with van der Waals surface area (Å²) in [6.07, 6.45) is 0. The van der Waals surface area contributed by atoms with Crippen molar-refractivity contribution in [3.8, 4) is 11.8 Å². The van der Waals surface area contributed by atoms with E-state index in [1.807, 2.05) is 56.3 Å². The predicted octanol–water partition coefficient (Wildman–Crippen LogP) is 4.73. The fourth-order valence-electron chi connectivity index (χ4n) is 3.31. The third-order valence-corrected chi connectivity index (χ3v) is 5.67. The van der Waals surface area contributed by atoms with Crippen LogP contribution in [0.2, 0.25) is 0 Å². The Bertz CT molecular complexity index is 1060. The standard InChI is InChI=1S/C24H25N3O3S/c1-4-29-20-13-9-8-12-19(20)22-21(23(28)30-5-2)16(3)26-24(27-22)31-15-18-11-7-6-10-17(18)14-25/h6-13,22H,4-5,15H2,1-3H3,(H,26,27)/t22-/m1/s1.